The molecule has 3 rings (SSSR count). The number of ether oxygens (including phenoxy) is 1. The maximum absolute atomic E-state index is 12.3. The van der Waals surface area contributed by atoms with E-state index in [9.17, 15) is 15.1 Å². The fourth-order valence-corrected chi connectivity index (χ4v) is 2.88. The molecule has 0 saturated heterocycles. The van der Waals surface area contributed by atoms with Gasteiger partial charge in [-0.15, -0.1) is 10.2 Å². The van der Waals surface area contributed by atoms with Crippen LogP contribution in [0.3, 0.4) is 0 Å². The van der Waals surface area contributed by atoms with E-state index in [2.05, 4.69) is 15.2 Å². The number of benzene rings is 2. The molecule has 0 aliphatic carbocycles. The highest BCUT2D eigenvalue weighted by atomic mass is 35.5. The zero-order valence-electron chi connectivity index (χ0n) is 15.5. The van der Waals surface area contributed by atoms with E-state index < -0.39 is 12.0 Å². The van der Waals surface area contributed by atoms with Crippen molar-refractivity contribution in [2.75, 3.05) is 7.05 Å². The summed E-state index contributed by atoms with van der Waals surface area (Å²) in [6.07, 6.45) is -0.885. The van der Waals surface area contributed by atoms with Crippen molar-refractivity contribution in [3.05, 3.63) is 52.2 Å². The molecule has 2 atom stereocenters. The third-order valence-corrected chi connectivity index (χ3v) is 4.43. The Labute approximate surface area is 166 Å². The van der Waals surface area contributed by atoms with Crippen LogP contribution in [0.15, 0.2) is 46.6 Å². The molecule has 3 N–H and O–H groups in total. The van der Waals surface area contributed by atoms with Crippen LogP contribution < -0.4 is 9.80 Å². The van der Waals surface area contributed by atoms with Crippen molar-refractivity contribution in [3.63, 3.8) is 0 Å². The molecular weight excluding hydrogens is 384 g/mol. The number of hydrogen-bond acceptors (Lipinski definition) is 5. The Balaban J connectivity index is 1.81. The number of quaternary nitrogens is 1. The average Bonchev–Trinajstić information content (AvgIpc) is 2.96. The van der Waals surface area contributed by atoms with Crippen molar-refractivity contribution in [2.45, 2.75) is 20.0 Å². The number of nitrogens with one attached hydrogen (secondary N) is 2. The fourth-order valence-electron chi connectivity index (χ4n) is 2.65. The smallest absolute Gasteiger partial charge is 0.304 e. The van der Waals surface area contributed by atoms with Crippen LogP contribution >= 0.6 is 11.6 Å². The van der Waals surface area contributed by atoms with Gasteiger partial charge in [0.25, 0.3) is 0 Å². The number of aryl methyl sites for hydroxylation is 1. The minimum atomic E-state index is -0.885. The van der Waals surface area contributed by atoms with Crippen molar-refractivity contribution in [2.24, 2.45) is 10.2 Å². The van der Waals surface area contributed by atoms with Gasteiger partial charge in [-0.25, -0.2) is 0 Å². The van der Waals surface area contributed by atoms with E-state index in [-0.39, 0.29) is 16.6 Å². The molecule has 0 aliphatic heterocycles. The van der Waals surface area contributed by atoms with Crippen molar-refractivity contribution in [1.82, 2.24) is 4.98 Å². The summed E-state index contributed by atoms with van der Waals surface area (Å²) < 4.78 is 5.62. The van der Waals surface area contributed by atoms with E-state index in [0.717, 1.165) is 5.56 Å². The summed E-state index contributed by atoms with van der Waals surface area (Å²) in [4.78, 5) is 15.0. The summed E-state index contributed by atoms with van der Waals surface area (Å²) in [6, 6.07) is 9.95. The number of carbonyl (C=O) groups is 1. The Morgan fingerprint density at radius 3 is 2.75 bits per heavy atom. The van der Waals surface area contributed by atoms with Gasteiger partial charge in [0, 0.05) is 22.5 Å². The molecule has 0 radical (unpaired) electrons. The maximum atomic E-state index is 12.3. The molecule has 1 amide bonds. The fraction of sp³-hybridized carbons (Fsp3) is 0.211. The SMILES string of the molecule is Cc1cc(Cl)ccc1OC(C)C(=O)N=Nc1c(O)[nH]c2ccc([NH+](C)[O-])cc12. The molecule has 9 heteroatoms. The normalized spacial score (nSPS) is 13.8. The lowest BCUT2D eigenvalue weighted by Crippen LogP contribution is -2.98. The minimum Gasteiger partial charge on any atom is -0.629 e. The van der Waals surface area contributed by atoms with Gasteiger partial charge in [-0.1, -0.05) is 11.6 Å². The number of H-pyrrole nitrogens is 1. The van der Waals surface area contributed by atoms with E-state index in [0.29, 0.717) is 27.4 Å². The molecule has 1 aromatic heterocycles. The number of aromatic amines is 1. The topological polar surface area (TPSA) is 115 Å². The summed E-state index contributed by atoms with van der Waals surface area (Å²) in [5.74, 6) is -0.346. The molecule has 2 aromatic carbocycles. The van der Waals surface area contributed by atoms with Crippen LogP contribution in [-0.4, -0.2) is 29.1 Å². The van der Waals surface area contributed by atoms with Gasteiger partial charge < -0.3 is 25.1 Å². The number of azo groups is 1. The Morgan fingerprint density at radius 2 is 2.07 bits per heavy atom. The number of hydrogen-bond donors (Lipinski definition) is 3. The first-order valence-electron chi connectivity index (χ1n) is 8.50. The maximum Gasteiger partial charge on any atom is 0.304 e. The first kappa shape index (κ1) is 19.8. The Kier molecular flexibility index (Phi) is 5.64. The standard InChI is InChI=1S/C19H19ClN4O4/c1-10-8-12(20)4-7-16(10)28-11(2)18(25)23-22-17-14-9-13(24(3)27)5-6-15(14)21-19(17)26/h4-9,11,21,24,26H,1-3H3. The van der Waals surface area contributed by atoms with Crippen molar-refractivity contribution in [3.8, 4) is 11.6 Å². The van der Waals surface area contributed by atoms with Crippen LogP contribution in [-0.2, 0) is 4.79 Å². The number of aromatic hydroxyl groups is 1. The van der Waals surface area contributed by atoms with E-state index >= 15 is 0 Å². The zero-order chi connectivity index (χ0) is 20.4. The summed E-state index contributed by atoms with van der Waals surface area (Å²) in [5, 5.41) is 30.1. The zero-order valence-corrected chi connectivity index (χ0v) is 16.2. The third-order valence-electron chi connectivity index (χ3n) is 4.20. The quantitative estimate of drug-likeness (QED) is 0.447. The molecule has 146 valence electrons. The van der Waals surface area contributed by atoms with Gasteiger partial charge in [-0.05, 0) is 43.7 Å². The molecule has 3 aromatic rings. The van der Waals surface area contributed by atoms with E-state index in [1.54, 1.807) is 43.3 Å². The van der Waals surface area contributed by atoms with Gasteiger partial charge in [0.15, 0.2) is 11.8 Å². The first-order chi connectivity index (χ1) is 13.3. The largest absolute Gasteiger partial charge is 0.629 e. The second-order valence-electron chi connectivity index (χ2n) is 6.35. The van der Waals surface area contributed by atoms with Crippen molar-refractivity contribution >= 4 is 39.8 Å². The molecular formula is C19H19ClN4O4. The number of hydroxylamine groups is 1. The molecule has 0 aliphatic rings. The van der Waals surface area contributed by atoms with Crippen molar-refractivity contribution < 1.29 is 19.7 Å². The summed E-state index contributed by atoms with van der Waals surface area (Å²) in [6.45, 7) is 3.37. The van der Waals surface area contributed by atoms with E-state index in [1.807, 2.05) is 6.92 Å². The third kappa shape index (κ3) is 4.14. The number of aromatic nitrogens is 1. The van der Waals surface area contributed by atoms with Crippen LogP contribution in [0.1, 0.15) is 12.5 Å². The number of amides is 1. The van der Waals surface area contributed by atoms with E-state index in [1.165, 1.54) is 7.05 Å². The highest BCUT2D eigenvalue weighted by Gasteiger charge is 2.17. The first-order valence-corrected chi connectivity index (χ1v) is 8.88. The molecule has 1 heterocycles. The van der Waals surface area contributed by atoms with E-state index in [4.69, 9.17) is 16.3 Å². The van der Waals surface area contributed by atoms with Crippen LogP contribution in [0, 0.1) is 12.1 Å². The Morgan fingerprint density at radius 1 is 1.32 bits per heavy atom. The lowest BCUT2D eigenvalue weighted by molar-refractivity contribution is -0.751. The van der Waals surface area contributed by atoms with Gasteiger partial charge >= 0.3 is 5.91 Å². The van der Waals surface area contributed by atoms with Gasteiger partial charge in [-0.2, -0.15) is 0 Å². The second-order valence-corrected chi connectivity index (χ2v) is 6.78. The van der Waals surface area contributed by atoms with Crippen LogP contribution in [0.5, 0.6) is 11.6 Å². The predicted octanol–water partition coefficient (Wildman–Crippen LogP) is 3.56. The van der Waals surface area contributed by atoms with Gasteiger partial charge in [-0.3, -0.25) is 4.79 Å². The summed E-state index contributed by atoms with van der Waals surface area (Å²) in [7, 11) is 1.44. The van der Waals surface area contributed by atoms with Gasteiger partial charge in [0.1, 0.15) is 11.4 Å². The number of rotatable bonds is 5. The highest BCUT2D eigenvalue weighted by molar-refractivity contribution is 6.30. The summed E-state index contributed by atoms with van der Waals surface area (Å²) >= 11 is 5.91. The Bertz CT molecular complexity index is 1060. The predicted molar refractivity (Wildman–Crippen MR) is 106 cm³/mol. The molecule has 0 bridgehead atoms. The second kappa shape index (κ2) is 7.97. The average molecular weight is 403 g/mol. The van der Waals surface area contributed by atoms with Crippen LogP contribution in [0.4, 0.5) is 11.4 Å². The molecule has 2 unspecified atom stereocenters. The lowest BCUT2D eigenvalue weighted by atomic mass is 10.2. The van der Waals surface area contributed by atoms with Gasteiger partial charge in [0.05, 0.1) is 12.6 Å². The number of carbonyl (C=O) groups excluding carboxylic acids is 1. The molecule has 28 heavy (non-hydrogen) atoms. The Hall–Kier alpha value is -2.94. The monoisotopic (exact) mass is 402 g/mol. The summed E-state index contributed by atoms with van der Waals surface area (Å²) in [5.41, 5.74) is 1.91. The number of halogens is 1. The van der Waals surface area contributed by atoms with Gasteiger partial charge in [0.2, 0.25) is 5.88 Å². The molecule has 0 fully saturated rings. The van der Waals surface area contributed by atoms with Crippen LogP contribution in [0.25, 0.3) is 10.9 Å². The molecule has 0 saturated carbocycles. The van der Waals surface area contributed by atoms with Crippen LogP contribution in [0.2, 0.25) is 5.02 Å². The van der Waals surface area contributed by atoms with Crippen molar-refractivity contribution in [1.29, 1.82) is 0 Å². The highest BCUT2D eigenvalue weighted by Crippen LogP contribution is 2.36. The molecule has 8 nitrogen and oxygen atoms in total. The number of nitrogens with zero attached hydrogens (tertiary/aromatic N) is 2. The lowest BCUT2D eigenvalue weighted by Gasteiger charge is -2.15. The molecule has 0 spiro atoms. The minimum absolute atomic E-state index is 0.0846. The number of fused-ring (bicyclic) bond motifs is 1.